The Bertz CT molecular complexity index is 1680. The quantitative estimate of drug-likeness (QED) is 0.191. The van der Waals surface area contributed by atoms with Crippen LogP contribution in [0.5, 0.6) is 5.75 Å². The van der Waals surface area contributed by atoms with Gasteiger partial charge in [-0.3, -0.25) is 13.9 Å². The van der Waals surface area contributed by atoms with Crippen LogP contribution in [0, 0.1) is 0 Å². The monoisotopic (exact) mass is 590 g/mol. The predicted molar refractivity (Wildman–Crippen MR) is 160 cm³/mol. The zero-order valence-electron chi connectivity index (χ0n) is 22.2. The molecule has 2 N–H and O–H groups in total. The largest absolute Gasteiger partial charge is 0.495 e. The molecule has 0 saturated heterocycles. The van der Waals surface area contributed by atoms with E-state index in [2.05, 4.69) is 15.8 Å². The molecule has 4 aromatic rings. The number of nitrogens with one attached hydrogen (secondary N) is 2. The molecule has 210 valence electrons. The van der Waals surface area contributed by atoms with Gasteiger partial charge in [0, 0.05) is 16.3 Å². The summed E-state index contributed by atoms with van der Waals surface area (Å²) in [6, 6.07) is 28.0. The molecule has 4 rings (SSSR count). The fourth-order valence-electron chi connectivity index (χ4n) is 3.87. The van der Waals surface area contributed by atoms with Crippen LogP contribution in [0.2, 0.25) is 5.02 Å². The first-order chi connectivity index (χ1) is 19.7. The van der Waals surface area contributed by atoms with E-state index in [1.54, 1.807) is 79.7 Å². The van der Waals surface area contributed by atoms with E-state index in [1.165, 1.54) is 31.4 Å². The molecule has 4 aromatic carbocycles. The molecule has 41 heavy (non-hydrogen) atoms. The maximum absolute atomic E-state index is 13.6. The first kappa shape index (κ1) is 29.3. The lowest BCUT2D eigenvalue weighted by Gasteiger charge is -2.25. The van der Waals surface area contributed by atoms with Gasteiger partial charge in [-0.05, 0) is 67.1 Å². The first-order valence-corrected chi connectivity index (χ1v) is 14.2. The van der Waals surface area contributed by atoms with E-state index in [1.807, 2.05) is 6.07 Å². The Balaban J connectivity index is 1.54. The number of benzene rings is 4. The van der Waals surface area contributed by atoms with Crippen molar-refractivity contribution in [3.8, 4) is 5.75 Å². The van der Waals surface area contributed by atoms with Gasteiger partial charge in [0.2, 0.25) is 0 Å². The smallest absolute Gasteiger partial charge is 0.264 e. The summed E-state index contributed by atoms with van der Waals surface area (Å²) in [7, 11) is -2.79. The maximum atomic E-state index is 13.6. The molecular weight excluding hydrogens is 564 g/mol. The van der Waals surface area contributed by atoms with Gasteiger partial charge in [0.05, 0.1) is 23.4 Å². The van der Waals surface area contributed by atoms with E-state index >= 15 is 0 Å². The first-order valence-electron chi connectivity index (χ1n) is 12.4. The van der Waals surface area contributed by atoms with Crippen molar-refractivity contribution in [2.24, 2.45) is 5.10 Å². The average molecular weight is 591 g/mol. The van der Waals surface area contributed by atoms with Gasteiger partial charge in [0.15, 0.2) is 0 Å². The van der Waals surface area contributed by atoms with Crippen molar-refractivity contribution in [1.82, 2.24) is 5.43 Å². The van der Waals surface area contributed by atoms with E-state index in [4.69, 9.17) is 16.3 Å². The molecule has 0 heterocycles. The highest BCUT2D eigenvalue weighted by Crippen LogP contribution is 2.34. The Kier molecular flexibility index (Phi) is 9.38. The lowest BCUT2D eigenvalue weighted by atomic mass is 10.1. The zero-order valence-corrected chi connectivity index (χ0v) is 23.8. The van der Waals surface area contributed by atoms with Crippen molar-refractivity contribution in [2.75, 3.05) is 23.3 Å². The second-order valence-electron chi connectivity index (χ2n) is 8.77. The summed E-state index contributed by atoms with van der Waals surface area (Å²) in [5.74, 6) is -0.739. The number of hydrazone groups is 1. The molecular formula is C30H27ClN4O5S. The molecule has 0 aliphatic heterocycles. The summed E-state index contributed by atoms with van der Waals surface area (Å²) < 4.78 is 33.5. The van der Waals surface area contributed by atoms with Gasteiger partial charge in [-0.25, -0.2) is 13.8 Å². The summed E-state index contributed by atoms with van der Waals surface area (Å²) in [6.07, 6.45) is 0. The number of nitrogens with zero attached hydrogens (tertiary/aromatic N) is 2. The molecule has 0 radical (unpaired) electrons. The molecule has 0 bridgehead atoms. The summed E-state index contributed by atoms with van der Waals surface area (Å²) in [4.78, 5) is 25.5. The molecule has 0 aliphatic rings. The average Bonchev–Trinajstić information content (AvgIpc) is 2.99. The number of sulfonamides is 1. The number of rotatable bonds is 10. The normalized spacial score (nSPS) is 11.4. The molecule has 0 unspecified atom stereocenters. The highest BCUT2D eigenvalue weighted by molar-refractivity contribution is 7.92. The lowest BCUT2D eigenvalue weighted by molar-refractivity contribution is -0.119. The number of halogens is 1. The Morgan fingerprint density at radius 1 is 0.878 bits per heavy atom. The number of hydrogen-bond acceptors (Lipinski definition) is 6. The van der Waals surface area contributed by atoms with Gasteiger partial charge < -0.3 is 10.1 Å². The van der Waals surface area contributed by atoms with Crippen LogP contribution in [-0.4, -0.2) is 39.6 Å². The fraction of sp³-hybridized carbons (Fsp3) is 0.100. The van der Waals surface area contributed by atoms with E-state index in [0.29, 0.717) is 22.5 Å². The van der Waals surface area contributed by atoms with E-state index in [9.17, 15) is 18.0 Å². The minimum absolute atomic E-state index is 0.0103. The highest BCUT2D eigenvalue weighted by Gasteiger charge is 2.29. The van der Waals surface area contributed by atoms with Crippen LogP contribution >= 0.6 is 11.6 Å². The van der Waals surface area contributed by atoms with Crippen molar-refractivity contribution in [3.05, 3.63) is 119 Å². The van der Waals surface area contributed by atoms with Crippen molar-refractivity contribution < 1.29 is 22.7 Å². The van der Waals surface area contributed by atoms with Crippen LogP contribution in [-0.2, 0) is 14.8 Å². The van der Waals surface area contributed by atoms with Gasteiger partial charge in [-0.15, -0.1) is 0 Å². The molecule has 0 aromatic heterocycles. The van der Waals surface area contributed by atoms with Crippen molar-refractivity contribution in [3.63, 3.8) is 0 Å². The van der Waals surface area contributed by atoms with Crippen molar-refractivity contribution in [1.29, 1.82) is 0 Å². The van der Waals surface area contributed by atoms with Crippen LogP contribution in [0.4, 0.5) is 11.4 Å². The molecule has 0 spiro atoms. The number of anilines is 2. The third-order valence-corrected chi connectivity index (χ3v) is 7.96. The summed E-state index contributed by atoms with van der Waals surface area (Å²) in [6.45, 7) is 1.08. The Labute approximate surface area is 243 Å². The van der Waals surface area contributed by atoms with Gasteiger partial charge in [-0.1, -0.05) is 60.1 Å². The Morgan fingerprint density at radius 2 is 1.54 bits per heavy atom. The topological polar surface area (TPSA) is 117 Å². The predicted octanol–water partition coefficient (Wildman–Crippen LogP) is 5.34. The molecule has 0 fully saturated rings. The van der Waals surface area contributed by atoms with E-state index in [0.717, 1.165) is 4.31 Å². The number of ether oxygens (including phenoxy) is 1. The summed E-state index contributed by atoms with van der Waals surface area (Å²) in [5.41, 5.74) is 4.66. The standard InChI is InChI=1S/C30H27ClN4O5S/c1-21(23-12-9-13-25(18-23)32-30(37)22-10-5-3-6-11-22)33-34-29(36)20-35(27-19-24(31)16-17-28(27)40-2)41(38,39)26-14-7-4-8-15-26/h3-19H,20H2,1-2H3,(H,32,37)(H,34,36)/b33-21+. The highest BCUT2D eigenvalue weighted by atomic mass is 35.5. The SMILES string of the molecule is COc1ccc(Cl)cc1N(CC(=O)N/N=C(\C)c1cccc(NC(=O)c2ccccc2)c1)S(=O)(=O)c1ccccc1. The van der Waals surface area contributed by atoms with E-state index < -0.39 is 22.5 Å². The Hall–Kier alpha value is -4.67. The number of hydrogen-bond donors (Lipinski definition) is 2. The second-order valence-corrected chi connectivity index (χ2v) is 11.1. The third kappa shape index (κ3) is 7.30. The summed E-state index contributed by atoms with van der Waals surface area (Å²) in [5, 5.41) is 7.26. The molecule has 9 nitrogen and oxygen atoms in total. The van der Waals surface area contributed by atoms with Crippen LogP contribution in [0.15, 0.2) is 113 Å². The van der Waals surface area contributed by atoms with Crippen LogP contribution in [0.3, 0.4) is 0 Å². The Morgan fingerprint density at radius 3 is 2.22 bits per heavy atom. The number of carbonyl (C=O) groups excluding carboxylic acids is 2. The van der Waals surface area contributed by atoms with E-state index in [-0.39, 0.29) is 27.3 Å². The molecule has 0 saturated carbocycles. The maximum Gasteiger partial charge on any atom is 0.264 e. The minimum Gasteiger partial charge on any atom is -0.495 e. The lowest BCUT2D eigenvalue weighted by Crippen LogP contribution is -2.40. The third-order valence-electron chi connectivity index (χ3n) is 5.95. The summed E-state index contributed by atoms with van der Waals surface area (Å²) >= 11 is 6.17. The van der Waals surface area contributed by atoms with Crippen LogP contribution < -0.4 is 19.8 Å². The molecule has 2 amide bonds. The minimum atomic E-state index is -4.18. The van der Waals surface area contributed by atoms with Gasteiger partial charge >= 0.3 is 0 Å². The fourth-order valence-corrected chi connectivity index (χ4v) is 5.48. The molecule has 11 heteroatoms. The zero-order chi connectivity index (χ0) is 29.4. The molecule has 0 aliphatic carbocycles. The number of carbonyl (C=O) groups is 2. The van der Waals surface area contributed by atoms with Crippen molar-refractivity contribution in [2.45, 2.75) is 11.8 Å². The second kappa shape index (κ2) is 13.1. The number of amides is 2. The van der Waals surface area contributed by atoms with Gasteiger partial charge in [0.1, 0.15) is 12.3 Å². The van der Waals surface area contributed by atoms with Crippen LogP contribution in [0.25, 0.3) is 0 Å². The number of methoxy groups -OCH3 is 1. The molecule has 0 atom stereocenters. The van der Waals surface area contributed by atoms with Gasteiger partial charge in [0.25, 0.3) is 21.8 Å². The van der Waals surface area contributed by atoms with Crippen molar-refractivity contribution >= 4 is 50.5 Å². The van der Waals surface area contributed by atoms with Crippen LogP contribution in [0.1, 0.15) is 22.8 Å². The van der Waals surface area contributed by atoms with Gasteiger partial charge in [-0.2, -0.15) is 5.10 Å².